The molecule has 0 heterocycles. The van der Waals surface area contributed by atoms with Crippen molar-refractivity contribution in [3.05, 3.63) is 23.8 Å². The van der Waals surface area contributed by atoms with Gasteiger partial charge in [0.15, 0.2) is 11.5 Å². The molecule has 0 fully saturated rings. The zero-order valence-corrected chi connectivity index (χ0v) is 11.8. The van der Waals surface area contributed by atoms with Crippen LogP contribution in [-0.2, 0) is 6.42 Å². The molecule has 0 aliphatic heterocycles. The molecule has 0 atom stereocenters. The van der Waals surface area contributed by atoms with E-state index in [1.54, 1.807) is 14.2 Å². The fourth-order valence-corrected chi connectivity index (χ4v) is 1.89. The lowest BCUT2D eigenvalue weighted by molar-refractivity contribution is 0.354. The van der Waals surface area contributed by atoms with Crippen molar-refractivity contribution in [1.82, 2.24) is 5.32 Å². The van der Waals surface area contributed by atoms with E-state index < -0.39 is 0 Å². The molecule has 3 heteroatoms. The van der Waals surface area contributed by atoms with Gasteiger partial charge in [-0.3, -0.25) is 0 Å². The fourth-order valence-electron chi connectivity index (χ4n) is 1.89. The number of hydrogen-bond donors (Lipinski definition) is 1. The second-order valence-electron chi connectivity index (χ2n) is 4.40. The Morgan fingerprint density at radius 3 is 2.44 bits per heavy atom. The summed E-state index contributed by atoms with van der Waals surface area (Å²) in [6.45, 7) is 4.35. The maximum Gasteiger partial charge on any atom is 0.160 e. The zero-order chi connectivity index (χ0) is 13.2. The van der Waals surface area contributed by atoms with E-state index in [9.17, 15) is 0 Å². The van der Waals surface area contributed by atoms with Crippen LogP contribution in [0.3, 0.4) is 0 Å². The summed E-state index contributed by atoms with van der Waals surface area (Å²) in [6.07, 6.45) is 4.87. The largest absolute Gasteiger partial charge is 0.493 e. The van der Waals surface area contributed by atoms with Gasteiger partial charge in [0, 0.05) is 0 Å². The molecule has 102 valence electrons. The first-order valence-corrected chi connectivity index (χ1v) is 6.73. The normalized spacial score (nSPS) is 10.4. The van der Waals surface area contributed by atoms with E-state index in [-0.39, 0.29) is 0 Å². The monoisotopic (exact) mass is 251 g/mol. The van der Waals surface area contributed by atoms with Crippen molar-refractivity contribution in [3.63, 3.8) is 0 Å². The summed E-state index contributed by atoms with van der Waals surface area (Å²) in [7, 11) is 3.33. The van der Waals surface area contributed by atoms with Crippen molar-refractivity contribution in [1.29, 1.82) is 0 Å². The molecular formula is C15H25NO2. The number of benzene rings is 1. The van der Waals surface area contributed by atoms with Gasteiger partial charge >= 0.3 is 0 Å². The van der Waals surface area contributed by atoms with Crippen LogP contribution >= 0.6 is 0 Å². The Labute approximate surface area is 110 Å². The first-order chi connectivity index (χ1) is 8.81. The quantitative estimate of drug-likeness (QED) is 0.684. The van der Waals surface area contributed by atoms with Crippen LogP contribution in [0.15, 0.2) is 18.2 Å². The van der Waals surface area contributed by atoms with Crippen LogP contribution in [0.4, 0.5) is 0 Å². The van der Waals surface area contributed by atoms with Crippen molar-refractivity contribution in [2.45, 2.75) is 32.6 Å². The number of hydrogen-bond acceptors (Lipinski definition) is 3. The smallest absolute Gasteiger partial charge is 0.160 e. The summed E-state index contributed by atoms with van der Waals surface area (Å²) in [6, 6.07) is 6.10. The topological polar surface area (TPSA) is 30.5 Å². The molecule has 3 nitrogen and oxygen atoms in total. The minimum atomic E-state index is 0.789. The van der Waals surface area contributed by atoms with Crippen molar-refractivity contribution in [2.75, 3.05) is 27.3 Å². The van der Waals surface area contributed by atoms with Crippen molar-refractivity contribution >= 4 is 0 Å². The van der Waals surface area contributed by atoms with Gasteiger partial charge in [-0.2, -0.15) is 0 Å². The van der Waals surface area contributed by atoms with E-state index in [2.05, 4.69) is 18.3 Å². The van der Waals surface area contributed by atoms with Gasteiger partial charge in [-0.05, 0) is 43.6 Å². The summed E-state index contributed by atoms with van der Waals surface area (Å²) in [4.78, 5) is 0. The van der Waals surface area contributed by atoms with Gasteiger partial charge in [-0.1, -0.05) is 25.8 Å². The van der Waals surface area contributed by atoms with Gasteiger partial charge < -0.3 is 14.8 Å². The third-order valence-electron chi connectivity index (χ3n) is 3.00. The number of unbranched alkanes of at least 4 members (excludes halogenated alkanes) is 2. The molecular weight excluding hydrogens is 226 g/mol. The molecule has 1 aromatic carbocycles. The van der Waals surface area contributed by atoms with Crippen LogP contribution in [0.1, 0.15) is 31.7 Å². The number of rotatable bonds is 9. The van der Waals surface area contributed by atoms with Gasteiger partial charge in [0.25, 0.3) is 0 Å². The molecule has 0 aromatic heterocycles. The molecule has 1 rings (SSSR count). The van der Waals surface area contributed by atoms with Gasteiger partial charge in [-0.25, -0.2) is 0 Å². The van der Waals surface area contributed by atoms with Crippen LogP contribution < -0.4 is 14.8 Å². The lowest BCUT2D eigenvalue weighted by Gasteiger charge is -2.10. The zero-order valence-electron chi connectivity index (χ0n) is 11.8. The molecule has 0 aliphatic carbocycles. The number of ether oxygens (including phenoxy) is 2. The summed E-state index contributed by atoms with van der Waals surface area (Å²) in [5.41, 5.74) is 1.27. The van der Waals surface area contributed by atoms with E-state index in [1.807, 2.05) is 12.1 Å². The first-order valence-electron chi connectivity index (χ1n) is 6.73. The summed E-state index contributed by atoms with van der Waals surface area (Å²) >= 11 is 0. The second-order valence-corrected chi connectivity index (χ2v) is 4.40. The predicted molar refractivity (Wildman–Crippen MR) is 75.6 cm³/mol. The minimum absolute atomic E-state index is 0.789. The Hall–Kier alpha value is -1.22. The SMILES string of the molecule is CCCCCNCCc1ccc(OC)c(OC)c1. The van der Waals surface area contributed by atoms with Gasteiger partial charge in [0.05, 0.1) is 14.2 Å². The highest BCUT2D eigenvalue weighted by Gasteiger charge is 2.03. The van der Waals surface area contributed by atoms with Crippen molar-refractivity contribution in [3.8, 4) is 11.5 Å². The molecule has 0 saturated heterocycles. The van der Waals surface area contributed by atoms with Crippen LogP contribution in [-0.4, -0.2) is 27.3 Å². The van der Waals surface area contributed by atoms with E-state index in [4.69, 9.17) is 9.47 Å². The Kier molecular flexibility index (Phi) is 7.26. The number of methoxy groups -OCH3 is 2. The molecule has 0 bridgehead atoms. The Morgan fingerprint density at radius 2 is 1.78 bits per heavy atom. The maximum atomic E-state index is 5.29. The molecule has 0 spiro atoms. The lowest BCUT2D eigenvalue weighted by atomic mass is 10.1. The van der Waals surface area contributed by atoms with Gasteiger partial charge in [0.2, 0.25) is 0 Å². The summed E-state index contributed by atoms with van der Waals surface area (Å²) < 4.78 is 10.5. The lowest BCUT2D eigenvalue weighted by Crippen LogP contribution is -2.18. The van der Waals surface area contributed by atoms with Crippen molar-refractivity contribution in [2.24, 2.45) is 0 Å². The Bertz CT molecular complexity index is 339. The average molecular weight is 251 g/mol. The highest BCUT2D eigenvalue weighted by Crippen LogP contribution is 2.27. The fraction of sp³-hybridized carbons (Fsp3) is 0.600. The van der Waals surface area contributed by atoms with E-state index in [0.29, 0.717) is 0 Å². The van der Waals surface area contributed by atoms with Crippen LogP contribution in [0.5, 0.6) is 11.5 Å². The molecule has 0 aliphatic rings. The van der Waals surface area contributed by atoms with Crippen LogP contribution in [0.2, 0.25) is 0 Å². The highest BCUT2D eigenvalue weighted by molar-refractivity contribution is 5.42. The number of nitrogens with one attached hydrogen (secondary N) is 1. The van der Waals surface area contributed by atoms with Crippen molar-refractivity contribution < 1.29 is 9.47 Å². The summed E-state index contributed by atoms with van der Waals surface area (Å²) in [5, 5.41) is 3.46. The molecule has 0 unspecified atom stereocenters. The minimum Gasteiger partial charge on any atom is -0.493 e. The van der Waals surface area contributed by atoms with Gasteiger partial charge in [-0.15, -0.1) is 0 Å². The third kappa shape index (κ3) is 4.96. The van der Waals surface area contributed by atoms with Crippen LogP contribution in [0.25, 0.3) is 0 Å². The third-order valence-corrected chi connectivity index (χ3v) is 3.00. The van der Waals surface area contributed by atoms with E-state index in [1.165, 1.54) is 24.8 Å². The molecule has 0 radical (unpaired) electrons. The molecule has 18 heavy (non-hydrogen) atoms. The Morgan fingerprint density at radius 1 is 1.00 bits per heavy atom. The maximum absolute atomic E-state index is 5.29. The molecule has 1 aromatic rings. The average Bonchev–Trinajstić information content (AvgIpc) is 2.42. The highest BCUT2D eigenvalue weighted by atomic mass is 16.5. The predicted octanol–water partition coefficient (Wildman–Crippen LogP) is 3.03. The first kappa shape index (κ1) is 14.8. The van der Waals surface area contributed by atoms with Crippen LogP contribution in [0, 0.1) is 0 Å². The van der Waals surface area contributed by atoms with Gasteiger partial charge in [0.1, 0.15) is 0 Å². The standard InChI is InChI=1S/C15H25NO2/c1-4-5-6-10-16-11-9-13-7-8-14(17-2)15(12-13)18-3/h7-8,12,16H,4-6,9-11H2,1-3H3. The Balaban J connectivity index is 2.34. The second kappa shape index (κ2) is 8.81. The molecule has 0 amide bonds. The molecule has 0 saturated carbocycles. The summed E-state index contributed by atoms with van der Waals surface area (Å²) in [5.74, 6) is 1.60. The van der Waals surface area contributed by atoms with E-state index >= 15 is 0 Å². The molecule has 1 N–H and O–H groups in total. The van der Waals surface area contributed by atoms with E-state index in [0.717, 1.165) is 31.0 Å².